The van der Waals surface area contributed by atoms with Crippen molar-refractivity contribution in [2.45, 2.75) is 26.4 Å². The number of pyridine rings is 1. The van der Waals surface area contributed by atoms with Crippen molar-refractivity contribution in [1.29, 1.82) is 0 Å². The Morgan fingerprint density at radius 1 is 1.12 bits per heavy atom. The molecule has 0 fully saturated rings. The molecule has 3 heteroatoms. The van der Waals surface area contributed by atoms with Crippen molar-refractivity contribution in [1.82, 2.24) is 4.98 Å². The van der Waals surface area contributed by atoms with Crippen LogP contribution in [0.2, 0.25) is 0 Å². The SMILES string of the molecule is COc1ccc2c(OC(C)(C)C)nccc2c1. The third-order valence-electron chi connectivity index (χ3n) is 2.34. The van der Waals surface area contributed by atoms with Crippen LogP contribution in [0, 0.1) is 0 Å². The summed E-state index contributed by atoms with van der Waals surface area (Å²) < 4.78 is 11.0. The van der Waals surface area contributed by atoms with E-state index in [0.29, 0.717) is 5.88 Å². The van der Waals surface area contributed by atoms with E-state index < -0.39 is 0 Å². The lowest BCUT2D eigenvalue weighted by molar-refractivity contribution is 0.126. The summed E-state index contributed by atoms with van der Waals surface area (Å²) in [6.45, 7) is 6.03. The van der Waals surface area contributed by atoms with Crippen molar-refractivity contribution < 1.29 is 9.47 Å². The zero-order valence-electron chi connectivity index (χ0n) is 10.7. The molecule has 2 rings (SSSR count). The first-order valence-electron chi connectivity index (χ1n) is 5.61. The fourth-order valence-corrected chi connectivity index (χ4v) is 1.63. The highest BCUT2D eigenvalue weighted by Crippen LogP contribution is 2.28. The van der Waals surface area contributed by atoms with E-state index in [4.69, 9.17) is 9.47 Å². The van der Waals surface area contributed by atoms with Crippen molar-refractivity contribution in [3.05, 3.63) is 30.5 Å². The predicted molar refractivity (Wildman–Crippen MR) is 68.7 cm³/mol. The fraction of sp³-hybridized carbons (Fsp3) is 0.357. The maximum absolute atomic E-state index is 5.84. The Hall–Kier alpha value is -1.77. The summed E-state index contributed by atoms with van der Waals surface area (Å²) in [5.41, 5.74) is -0.249. The number of fused-ring (bicyclic) bond motifs is 1. The van der Waals surface area contributed by atoms with Gasteiger partial charge in [-0.2, -0.15) is 0 Å². The molecule has 0 atom stereocenters. The zero-order valence-corrected chi connectivity index (χ0v) is 10.7. The first kappa shape index (κ1) is 11.7. The highest BCUT2D eigenvalue weighted by atomic mass is 16.5. The van der Waals surface area contributed by atoms with Crippen LogP contribution in [0.4, 0.5) is 0 Å². The molecule has 1 aromatic carbocycles. The summed E-state index contributed by atoms with van der Waals surface area (Å²) >= 11 is 0. The van der Waals surface area contributed by atoms with Gasteiger partial charge in [-0.15, -0.1) is 0 Å². The molecule has 0 bridgehead atoms. The van der Waals surface area contributed by atoms with Crippen LogP contribution in [-0.4, -0.2) is 17.7 Å². The number of ether oxygens (including phenoxy) is 2. The van der Waals surface area contributed by atoms with Crippen molar-refractivity contribution in [2.24, 2.45) is 0 Å². The van der Waals surface area contributed by atoms with Gasteiger partial charge in [-0.3, -0.25) is 0 Å². The van der Waals surface area contributed by atoms with E-state index in [1.54, 1.807) is 13.3 Å². The quantitative estimate of drug-likeness (QED) is 0.793. The van der Waals surface area contributed by atoms with E-state index in [2.05, 4.69) is 4.98 Å². The maximum atomic E-state index is 5.84. The number of benzene rings is 1. The first-order valence-corrected chi connectivity index (χ1v) is 5.61. The molecule has 2 aromatic rings. The summed E-state index contributed by atoms with van der Waals surface area (Å²) in [7, 11) is 1.66. The zero-order chi connectivity index (χ0) is 12.5. The Bertz CT molecular complexity index is 529. The van der Waals surface area contributed by atoms with E-state index in [0.717, 1.165) is 16.5 Å². The second-order valence-electron chi connectivity index (χ2n) is 4.92. The van der Waals surface area contributed by atoms with Gasteiger partial charge in [-0.05, 0) is 50.4 Å². The van der Waals surface area contributed by atoms with Crippen molar-refractivity contribution >= 4 is 10.8 Å². The Morgan fingerprint density at radius 2 is 1.88 bits per heavy atom. The molecule has 0 unspecified atom stereocenters. The largest absolute Gasteiger partial charge is 0.497 e. The number of aromatic nitrogens is 1. The minimum atomic E-state index is -0.249. The van der Waals surface area contributed by atoms with Gasteiger partial charge in [0.15, 0.2) is 0 Å². The molecular formula is C14H17NO2. The Morgan fingerprint density at radius 3 is 2.53 bits per heavy atom. The van der Waals surface area contributed by atoms with Crippen LogP contribution in [0.1, 0.15) is 20.8 Å². The van der Waals surface area contributed by atoms with Crippen LogP contribution in [0.5, 0.6) is 11.6 Å². The molecule has 0 saturated carbocycles. The summed E-state index contributed by atoms with van der Waals surface area (Å²) in [6.07, 6.45) is 1.75. The molecular weight excluding hydrogens is 214 g/mol. The van der Waals surface area contributed by atoms with E-state index in [1.807, 2.05) is 45.0 Å². The van der Waals surface area contributed by atoms with Crippen LogP contribution in [0.3, 0.4) is 0 Å². The lowest BCUT2D eigenvalue weighted by Gasteiger charge is -2.21. The predicted octanol–water partition coefficient (Wildman–Crippen LogP) is 3.42. The molecule has 0 saturated heterocycles. The molecule has 0 aliphatic carbocycles. The third kappa shape index (κ3) is 2.67. The van der Waals surface area contributed by atoms with Gasteiger partial charge in [0.05, 0.1) is 7.11 Å². The van der Waals surface area contributed by atoms with Gasteiger partial charge >= 0.3 is 0 Å². The van der Waals surface area contributed by atoms with Gasteiger partial charge in [0, 0.05) is 11.6 Å². The average molecular weight is 231 g/mol. The Labute approximate surface area is 101 Å². The molecule has 0 aliphatic rings. The lowest BCUT2D eigenvalue weighted by Crippen LogP contribution is -2.23. The topological polar surface area (TPSA) is 31.4 Å². The van der Waals surface area contributed by atoms with Crippen LogP contribution >= 0.6 is 0 Å². The van der Waals surface area contributed by atoms with Gasteiger partial charge in [0.25, 0.3) is 0 Å². The normalized spacial score (nSPS) is 11.5. The van der Waals surface area contributed by atoms with Crippen molar-refractivity contribution in [3.8, 4) is 11.6 Å². The van der Waals surface area contributed by atoms with Crippen molar-refractivity contribution in [2.75, 3.05) is 7.11 Å². The number of hydrogen-bond donors (Lipinski definition) is 0. The van der Waals surface area contributed by atoms with Crippen LogP contribution < -0.4 is 9.47 Å². The molecule has 17 heavy (non-hydrogen) atoms. The number of nitrogens with zero attached hydrogens (tertiary/aromatic N) is 1. The first-order chi connectivity index (χ1) is 7.99. The van der Waals surface area contributed by atoms with Gasteiger partial charge < -0.3 is 9.47 Å². The minimum Gasteiger partial charge on any atom is -0.497 e. The molecule has 0 spiro atoms. The minimum absolute atomic E-state index is 0.249. The standard InChI is InChI=1S/C14H17NO2/c1-14(2,3)17-13-12-6-5-11(16-4)9-10(12)7-8-15-13/h5-9H,1-4H3. The van der Waals surface area contributed by atoms with E-state index in [1.165, 1.54) is 0 Å². The van der Waals surface area contributed by atoms with Gasteiger partial charge in [-0.25, -0.2) is 4.98 Å². The molecule has 0 amide bonds. The highest BCUT2D eigenvalue weighted by molar-refractivity contribution is 5.87. The van der Waals surface area contributed by atoms with Gasteiger partial charge in [0.2, 0.25) is 5.88 Å². The smallest absolute Gasteiger partial charge is 0.221 e. The summed E-state index contributed by atoms with van der Waals surface area (Å²) in [5.74, 6) is 1.50. The van der Waals surface area contributed by atoms with Crippen molar-refractivity contribution in [3.63, 3.8) is 0 Å². The Kier molecular flexibility index (Phi) is 2.92. The summed E-state index contributed by atoms with van der Waals surface area (Å²) in [5, 5.41) is 2.07. The molecule has 0 aliphatic heterocycles. The lowest BCUT2D eigenvalue weighted by atomic mass is 10.1. The molecule has 1 heterocycles. The second kappa shape index (κ2) is 4.24. The Balaban J connectivity index is 2.51. The molecule has 3 nitrogen and oxygen atoms in total. The summed E-state index contributed by atoms with van der Waals surface area (Å²) in [6, 6.07) is 7.82. The highest BCUT2D eigenvalue weighted by Gasteiger charge is 2.14. The molecule has 1 aromatic heterocycles. The van der Waals surface area contributed by atoms with Crippen LogP contribution in [0.25, 0.3) is 10.8 Å². The van der Waals surface area contributed by atoms with E-state index in [-0.39, 0.29) is 5.60 Å². The molecule has 0 radical (unpaired) electrons. The number of methoxy groups -OCH3 is 1. The number of rotatable bonds is 2. The van der Waals surface area contributed by atoms with Gasteiger partial charge in [0.1, 0.15) is 11.4 Å². The van der Waals surface area contributed by atoms with Crippen LogP contribution in [-0.2, 0) is 0 Å². The fourth-order valence-electron chi connectivity index (χ4n) is 1.63. The van der Waals surface area contributed by atoms with Crippen LogP contribution in [0.15, 0.2) is 30.5 Å². The maximum Gasteiger partial charge on any atom is 0.221 e. The monoisotopic (exact) mass is 231 g/mol. The molecule has 0 N–H and O–H groups in total. The average Bonchev–Trinajstić information content (AvgIpc) is 2.26. The summed E-state index contributed by atoms with van der Waals surface area (Å²) in [4.78, 5) is 4.28. The third-order valence-corrected chi connectivity index (χ3v) is 2.34. The second-order valence-corrected chi connectivity index (χ2v) is 4.92. The van der Waals surface area contributed by atoms with E-state index in [9.17, 15) is 0 Å². The van der Waals surface area contributed by atoms with Gasteiger partial charge in [-0.1, -0.05) is 0 Å². The number of hydrogen-bond acceptors (Lipinski definition) is 3. The molecule has 90 valence electrons. The van der Waals surface area contributed by atoms with E-state index >= 15 is 0 Å².